The Morgan fingerprint density at radius 1 is 1.30 bits per heavy atom. The Bertz CT molecular complexity index is 788. The molecule has 0 aliphatic carbocycles. The molecule has 2 aromatic heterocycles. The lowest BCUT2D eigenvalue weighted by atomic mass is 10.1. The van der Waals surface area contributed by atoms with Crippen LogP contribution in [-0.4, -0.2) is 23.0 Å². The highest BCUT2D eigenvalue weighted by Crippen LogP contribution is 2.35. The summed E-state index contributed by atoms with van der Waals surface area (Å²) in [5, 5.41) is -0.849. The number of hydrogen-bond donors (Lipinski definition) is 1. The van der Waals surface area contributed by atoms with Crippen molar-refractivity contribution in [2.24, 2.45) is 0 Å². The molecule has 10 heteroatoms. The number of nitrogens with zero attached hydrogens (tertiary/aromatic N) is 2. The molecule has 0 aliphatic rings. The number of methoxy groups -OCH3 is 1. The summed E-state index contributed by atoms with van der Waals surface area (Å²) in [6, 6.07) is 2.05. The number of esters is 1. The van der Waals surface area contributed by atoms with Gasteiger partial charge in [0.15, 0.2) is 11.5 Å². The largest absolute Gasteiger partial charge is 0.464 e. The molecule has 23 heavy (non-hydrogen) atoms. The predicted octanol–water partition coefficient (Wildman–Crippen LogP) is 3.90. The van der Waals surface area contributed by atoms with Crippen molar-refractivity contribution in [3.8, 4) is 11.3 Å². The van der Waals surface area contributed by atoms with Crippen molar-refractivity contribution in [3.05, 3.63) is 39.5 Å². The Kier molecular flexibility index (Phi) is 4.96. The molecule has 2 aromatic rings. The summed E-state index contributed by atoms with van der Waals surface area (Å²) in [7, 11) is 1.07. The van der Waals surface area contributed by atoms with Crippen LogP contribution < -0.4 is 5.73 Å². The summed E-state index contributed by atoms with van der Waals surface area (Å²) in [6.45, 7) is 0. The molecule has 0 spiro atoms. The molecule has 0 saturated carbocycles. The molecule has 2 rings (SSSR count). The lowest BCUT2D eigenvalue weighted by Gasteiger charge is -2.11. The Morgan fingerprint density at radius 3 is 2.48 bits per heavy atom. The van der Waals surface area contributed by atoms with Gasteiger partial charge in [0.25, 0.3) is 6.43 Å². The van der Waals surface area contributed by atoms with Crippen molar-refractivity contribution >= 4 is 34.9 Å². The fraction of sp³-hybridized carbons (Fsp3) is 0.154. The van der Waals surface area contributed by atoms with E-state index < -0.39 is 51.2 Å². The minimum absolute atomic E-state index is 0.123. The lowest BCUT2D eigenvalue weighted by Crippen LogP contribution is -2.10. The van der Waals surface area contributed by atoms with E-state index in [1.807, 2.05) is 0 Å². The number of ether oxygens (including phenoxy) is 1. The van der Waals surface area contributed by atoms with Gasteiger partial charge < -0.3 is 10.5 Å². The van der Waals surface area contributed by atoms with Gasteiger partial charge in [0, 0.05) is 5.56 Å². The maximum absolute atomic E-state index is 14.3. The normalized spacial score (nSPS) is 10.9. The van der Waals surface area contributed by atoms with Crippen LogP contribution in [0.3, 0.4) is 0 Å². The Labute approximate surface area is 138 Å². The van der Waals surface area contributed by atoms with E-state index in [9.17, 15) is 18.0 Å². The summed E-state index contributed by atoms with van der Waals surface area (Å²) in [5.74, 6) is -2.01. The first-order chi connectivity index (χ1) is 10.8. The molecule has 0 fully saturated rings. The summed E-state index contributed by atoms with van der Waals surface area (Å²) >= 11 is 11.6. The number of halogens is 5. The van der Waals surface area contributed by atoms with Gasteiger partial charge in [0.05, 0.1) is 17.8 Å². The zero-order valence-electron chi connectivity index (χ0n) is 11.4. The Morgan fingerprint density at radius 2 is 1.96 bits per heavy atom. The second kappa shape index (κ2) is 6.59. The number of carbonyl (C=O) groups excluding carboxylic acids is 1. The number of carbonyl (C=O) groups is 1. The number of nitrogens with two attached hydrogens (primary N) is 1. The van der Waals surface area contributed by atoms with E-state index in [4.69, 9.17) is 28.9 Å². The molecule has 0 amide bonds. The van der Waals surface area contributed by atoms with E-state index in [0.29, 0.717) is 0 Å². The van der Waals surface area contributed by atoms with E-state index in [1.54, 1.807) is 0 Å². The third-order valence-electron chi connectivity index (χ3n) is 2.84. The van der Waals surface area contributed by atoms with Crippen LogP contribution in [0.25, 0.3) is 11.3 Å². The van der Waals surface area contributed by atoms with Crippen LogP contribution in [0.15, 0.2) is 12.1 Å². The minimum atomic E-state index is -2.85. The van der Waals surface area contributed by atoms with E-state index in [1.165, 1.54) is 0 Å². The van der Waals surface area contributed by atoms with Crippen molar-refractivity contribution in [2.75, 3.05) is 12.8 Å². The van der Waals surface area contributed by atoms with Crippen molar-refractivity contribution in [2.45, 2.75) is 6.43 Å². The van der Waals surface area contributed by atoms with Crippen LogP contribution in [0, 0.1) is 5.82 Å². The molecule has 0 aliphatic heterocycles. The van der Waals surface area contributed by atoms with Gasteiger partial charge in [-0.15, -0.1) is 0 Å². The van der Waals surface area contributed by atoms with Gasteiger partial charge >= 0.3 is 5.97 Å². The number of rotatable bonds is 3. The first-order valence-electron chi connectivity index (χ1n) is 5.95. The summed E-state index contributed by atoms with van der Waals surface area (Å²) in [6.07, 6.45) is -2.85. The molecule has 0 unspecified atom stereocenters. The Hall–Kier alpha value is -2.06. The van der Waals surface area contributed by atoms with Crippen molar-refractivity contribution in [3.63, 3.8) is 0 Å². The first kappa shape index (κ1) is 17.3. The zero-order valence-corrected chi connectivity index (χ0v) is 12.9. The molecule has 5 nitrogen and oxygen atoms in total. The van der Waals surface area contributed by atoms with Crippen LogP contribution in [-0.2, 0) is 4.74 Å². The lowest BCUT2D eigenvalue weighted by molar-refractivity contribution is 0.0594. The highest BCUT2D eigenvalue weighted by atomic mass is 35.5. The standard InChI is InChI=1S/C13H8Cl2F3N3O2/c1-23-13(22)10-6(14)8(19)7(16)9(21-10)4-2-3-5(12(17)18)20-11(4)15/h2-3,12H,1H3,(H2,19,21). The molecule has 122 valence electrons. The van der Waals surface area contributed by atoms with Gasteiger partial charge in [-0.25, -0.2) is 27.9 Å². The molecule has 2 N–H and O–H groups in total. The van der Waals surface area contributed by atoms with Gasteiger partial charge in [-0.2, -0.15) is 0 Å². The molecular formula is C13H8Cl2F3N3O2. The third-order valence-corrected chi connectivity index (χ3v) is 3.51. The Balaban J connectivity index is 2.69. The van der Waals surface area contributed by atoms with Gasteiger partial charge in [0.2, 0.25) is 0 Å². The molecule has 0 bridgehead atoms. The zero-order chi connectivity index (χ0) is 17.3. The molecule has 0 atom stereocenters. The molecule has 2 heterocycles. The fourth-order valence-electron chi connectivity index (χ4n) is 1.72. The molecule has 0 radical (unpaired) electrons. The molecule has 0 aromatic carbocycles. The fourth-order valence-corrected chi connectivity index (χ4v) is 2.17. The second-order valence-electron chi connectivity index (χ2n) is 4.22. The number of nitrogen functional groups attached to an aromatic ring is 1. The van der Waals surface area contributed by atoms with E-state index in [0.717, 1.165) is 19.2 Å². The van der Waals surface area contributed by atoms with Gasteiger partial charge in [-0.3, -0.25) is 0 Å². The molecule has 0 saturated heterocycles. The summed E-state index contributed by atoms with van der Waals surface area (Å²) in [4.78, 5) is 18.8. The van der Waals surface area contributed by atoms with Crippen LogP contribution in [0.4, 0.5) is 18.9 Å². The number of hydrogen-bond acceptors (Lipinski definition) is 5. The van der Waals surface area contributed by atoms with Crippen LogP contribution >= 0.6 is 23.2 Å². The number of aromatic nitrogens is 2. The topological polar surface area (TPSA) is 78.1 Å². The highest BCUT2D eigenvalue weighted by molar-refractivity contribution is 6.36. The maximum Gasteiger partial charge on any atom is 0.358 e. The first-order valence-corrected chi connectivity index (χ1v) is 6.71. The van der Waals surface area contributed by atoms with E-state index in [2.05, 4.69) is 14.7 Å². The van der Waals surface area contributed by atoms with Crippen molar-refractivity contribution in [1.82, 2.24) is 9.97 Å². The van der Waals surface area contributed by atoms with Gasteiger partial charge in [-0.1, -0.05) is 23.2 Å². The predicted molar refractivity (Wildman–Crippen MR) is 78.2 cm³/mol. The SMILES string of the molecule is COC(=O)c1nc(-c2ccc(C(F)F)nc2Cl)c(F)c(N)c1Cl. The van der Waals surface area contributed by atoms with Gasteiger partial charge in [-0.05, 0) is 12.1 Å². The molecular weight excluding hydrogens is 358 g/mol. The van der Waals surface area contributed by atoms with Gasteiger partial charge in [0.1, 0.15) is 16.5 Å². The van der Waals surface area contributed by atoms with Crippen molar-refractivity contribution in [1.29, 1.82) is 0 Å². The third kappa shape index (κ3) is 3.18. The highest BCUT2D eigenvalue weighted by Gasteiger charge is 2.24. The van der Waals surface area contributed by atoms with Crippen molar-refractivity contribution < 1.29 is 22.7 Å². The average molecular weight is 366 g/mol. The van der Waals surface area contributed by atoms with E-state index in [-0.39, 0.29) is 5.56 Å². The van der Waals surface area contributed by atoms with E-state index >= 15 is 0 Å². The smallest absolute Gasteiger partial charge is 0.358 e. The van der Waals surface area contributed by atoms with Crippen LogP contribution in [0.5, 0.6) is 0 Å². The average Bonchev–Trinajstić information content (AvgIpc) is 2.52. The monoisotopic (exact) mass is 365 g/mol. The maximum atomic E-state index is 14.3. The number of anilines is 1. The quantitative estimate of drug-likeness (QED) is 0.659. The summed E-state index contributed by atoms with van der Waals surface area (Å²) in [5.41, 5.74) is 3.36. The minimum Gasteiger partial charge on any atom is -0.464 e. The summed E-state index contributed by atoms with van der Waals surface area (Å²) < 4.78 is 43.9. The van der Waals surface area contributed by atoms with Crippen LogP contribution in [0.2, 0.25) is 10.2 Å². The second-order valence-corrected chi connectivity index (χ2v) is 4.95. The number of pyridine rings is 2. The number of alkyl halides is 2. The van der Waals surface area contributed by atoms with Crippen LogP contribution in [0.1, 0.15) is 22.6 Å².